The fourth-order valence-electron chi connectivity index (χ4n) is 3.43. The van der Waals surface area contributed by atoms with Gasteiger partial charge in [-0.2, -0.15) is 0 Å². The molecule has 2 aromatic rings. The number of piperidine rings is 1. The minimum absolute atomic E-state index is 0. The fourth-order valence-corrected chi connectivity index (χ4v) is 3.43. The normalized spacial score (nSPS) is 17.1. The van der Waals surface area contributed by atoms with Crippen molar-refractivity contribution in [1.82, 2.24) is 25.0 Å². The maximum atomic E-state index is 13.6. The van der Waals surface area contributed by atoms with E-state index >= 15 is 0 Å². The van der Waals surface area contributed by atoms with Gasteiger partial charge in [0, 0.05) is 19.0 Å². The molecule has 3 rings (SSSR count). The highest BCUT2D eigenvalue weighted by atomic mass is 35.5. The van der Waals surface area contributed by atoms with Crippen molar-refractivity contribution >= 4 is 18.3 Å². The van der Waals surface area contributed by atoms with E-state index in [1.807, 2.05) is 25.8 Å². The smallest absolute Gasteiger partial charge is 0.293 e. The predicted molar refractivity (Wildman–Crippen MR) is 105 cm³/mol. The van der Waals surface area contributed by atoms with E-state index in [9.17, 15) is 9.18 Å². The summed E-state index contributed by atoms with van der Waals surface area (Å²) in [6, 6.07) is 6.18. The second kappa shape index (κ2) is 9.28. The van der Waals surface area contributed by atoms with Gasteiger partial charge in [0.25, 0.3) is 5.91 Å². The van der Waals surface area contributed by atoms with Crippen LogP contribution in [0.3, 0.4) is 0 Å². The first-order chi connectivity index (χ1) is 12.5. The number of likely N-dealkylation sites (tertiary alicyclic amines) is 1. The Morgan fingerprint density at radius 3 is 2.85 bits per heavy atom. The first-order valence-electron chi connectivity index (χ1n) is 9.16. The molecule has 1 aromatic heterocycles. The molecule has 2 heterocycles. The number of halogens is 2. The van der Waals surface area contributed by atoms with Crippen molar-refractivity contribution in [2.24, 2.45) is 5.92 Å². The zero-order valence-corrected chi connectivity index (χ0v) is 16.8. The van der Waals surface area contributed by atoms with Gasteiger partial charge in [0.15, 0.2) is 0 Å². The van der Waals surface area contributed by atoms with Crippen LogP contribution < -0.4 is 5.32 Å². The molecule has 0 saturated carbocycles. The number of amides is 1. The van der Waals surface area contributed by atoms with Gasteiger partial charge in [-0.1, -0.05) is 19.9 Å². The minimum Gasteiger partial charge on any atom is -0.336 e. The van der Waals surface area contributed by atoms with Gasteiger partial charge in [-0.25, -0.2) is 14.1 Å². The topological polar surface area (TPSA) is 63.1 Å². The number of carbonyl (C=O) groups is 1. The molecule has 0 aliphatic carbocycles. The number of rotatable bonds is 5. The van der Waals surface area contributed by atoms with E-state index in [4.69, 9.17) is 0 Å². The Morgan fingerprint density at radius 1 is 1.41 bits per heavy atom. The highest BCUT2D eigenvalue weighted by molar-refractivity contribution is 5.90. The molecule has 6 nitrogen and oxygen atoms in total. The molecule has 1 saturated heterocycles. The molecule has 0 spiro atoms. The number of aromatic nitrogens is 3. The highest BCUT2D eigenvalue weighted by Gasteiger charge is 2.28. The number of benzene rings is 1. The Labute approximate surface area is 165 Å². The molecule has 1 aromatic carbocycles. The number of carbonyl (C=O) groups excluding carboxylic acids is 1. The van der Waals surface area contributed by atoms with Crippen LogP contribution in [0.5, 0.6) is 0 Å². The standard InChI is InChI=1S/C19H26FN5O.ClH/c1-13(2)18-22-17(23-25(18)16-8-4-7-15(20)10-16)19(26)24-9-5-6-14(12-24)11-21-3;/h4,7-8,10,13-14,21H,5-6,9,11-12H2,1-3H3;1H. The summed E-state index contributed by atoms with van der Waals surface area (Å²) in [5.74, 6) is 0.860. The maximum Gasteiger partial charge on any atom is 0.293 e. The monoisotopic (exact) mass is 395 g/mol. The molecule has 1 aliphatic rings. The van der Waals surface area contributed by atoms with Crippen molar-refractivity contribution < 1.29 is 9.18 Å². The molecule has 0 radical (unpaired) electrons. The summed E-state index contributed by atoms with van der Waals surface area (Å²) in [7, 11) is 1.93. The van der Waals surface area contributed by atoms with Crippen molar-refractivity contribution in [3.8, 4) is 5.69 Å². The molecule has 1 N–H and O–H groups in total. The summed E-state index contributed by atoms with van der Waals surface area (Å²) >= 11 is 0. The van der Waals surface area contributed by atoms with E-state index < -0.39 is 0 Å². The SMILES string of the molecule is CNCC1CCCN(C(=O)c2nc(C(C)C)n(-c3cccc(F)c3)n2)C1.Cl. The Bertz CT molecular complexity index is 777. The quantitative estimate of drug-likeness (QED) is 0.845. The maximum absolute atomic E-state index is 13.6. The van der Waals surface area contributed by atoms with Gasteiger partial charge in [0.05, 0.1) is 5.69 Å². The Balaban J connectivity index is 0.00000261. The van der Waals surface area contributed by atoms with Gasteiger partial charge in [0.2, 0.25) is 5.82 Å². The van der Waals surface area contributed by atoms with Gasteiger partial charge in [-0.3, -0.25) is 4.79 Å². The van der Waals surface area contributed by atoms with Crippen LogP contribution in [0, 0.1) is 11.7 Å². The lowest BCUT2D eigenvalue weighted by atomic mass is 9.98. The molecule has 148 valence electrons. The first-order valence-corrected chi connectivity index (χ1v) is 9.16. The van der Waals surface area contributed by atoms with Crippen LogP contribution in [-0.2, 0) is 0 Å². The van der Waals surface area contributed by atoms with E-state index in [-0.39, 0.29) is 35.9 Å². The number of hydrogen-bond donors (Lipinski definition) is 1. The fraction of sp³-hybridized carbons (Fsp3) is 0.526. The summed E-state index contributed by atoms with van der Waals surface area (Å²) in [6.45, 7) is 6.30. The molecular formula is C19H27ClFN5O. The van der Waals surface area contributed by atoms with Crippen LogP contribution in [0.4, 0.5) is 4.39 Å². The van der Waals surface area contributed by atoms with E-state index in [0.717, 1.165) is 25.9 Å². The molecule has 0 bridgehead atoms. The van der Waals surface area contributed by atoms with Gasteiger partial charge >= 0.3 is 0 Å². The predicted octanol–water partition coefficient (Wildman–Crippen LogP) is 3.02. The van der Waals surface area contributed by atoms with Crippen LogP contribution in [0.25, 0.3) is 5.69 Å². The number of nitrogens with one attached hydrogen (secondary N) is 1. The average molecular weight is 396 g/mol. The van der Waals surface area contributed by atoms with E-state index in [2.05, 4.69) is 15.4 Å². The van der Waals surface area contributed by atoms with Crippen LogP contribution in [0.2, 0.25) is 0 Å². The molecule has 1 atom stereocenters. The van der Waals surface area contributed by atoms with E-state index in [0.29, 0.717) is 24.0 Å². The second-order valence-electron chi connectivity index (χ2n) is 7.16. The van der Waals surface area contributed by atoms with Crippen molar-refractivity contribution in [2.45, 2.75) is 32.6 Å². The van der Waals surface area contributed by atoms with Crippen molar-refractivity contribution in [1.29, 1.82) is 0 Å². The van der Waals surface area contributed by atoms with Crippen LogP contribution in [0.15, 0.2) is 24.3 Å². The first kappa shape index (κ1) is 21.3. The summed E-state index contributed by atoms with van der Waals surface area (Å²) in [5.41, 5.74) is 0.576. The van der Waals surface area contributed by atoms with Gasteiger partial charge in [0.1, 0.15) is 11.6 Å². The lowest BCUT2D eigenvalue weighted by Gasteiger charge is -2.31. The van der Waals surface area contributed by atoms with E-state index in [1.165, 1.54) is 12.1 Å². The van der Waals surface area contributed by atoms with Crippen LogP contribution in [-0.4, -0.2) is 52.3 Å². The van der Waals surface area contributed by atoms with E-state index in [1.54, 1.807) is 16.8 Å². The lowest BCUT2D eigenvalue weighted by molar-refractivity contribution is 0.0662. The van der Waals surface area contributed by atoms with Gasteiger partial charge in [-0.15, -0.1) is 17.5 Å². The third-order valence-corrected chi connectivity index (χ3v) is 4.69. The largest absolute Gasteiger partial charge is 0.336 e. The van der Waals surface area contributed by atoms with Crippen molar-refractivity contribution in [3.63, 3.8) is 0 Å². The lowest BCUT2D eigenvalue weighted by Crippen LogP contribution is -2.42. The molecular weight excluding hydrogens is 369 g/mol. The molecule has 27 heavy (non-hydrogen) atoms. The zero-order chi connectivity index (χ0) is 18.7. The third kappa shape index (κ3) is 4.84. The molecule has 1 amide bonds. The number of nitrogens with zero attached hydrogens (tertiary/aromatic N) is 4. The second-order valence-corrected chi connectivity index (χ2v) is 7.16. The van der Waals surface area contributed by atoms with Crippen molar-refractivity contribution in [2.75, 3.05) is 26.7 Å². The summed E-state index contributed by atoms with van der Waals surface area (Å²) in [5, 5.41) is 7.60. The third-order valence-electron chi connectivity index (χ3n) is 4.69. The highest BCUT2D eigenvalue weighted by Crippen LogP contribution is 2.21. The minimum atomic E-state index is -0.341. The zero-order valence-electron chi connectivity index (χ0n) is 16.0. The summed E-state index contributed by atoms with van der Waals surface area (Å²) < 4.78 is 15.2. The Morgan fingerprint density at radius 2 is 2.19 bits per heavy atom. The summed E-state index contributed by atoms with van der Waals surface area (Å²) in [6.07, 6.45) is 2.10. The molecule has 1 unspecified atom stereocenters. The van der Waals surface area contributed by atoms with Crippen LogP contribution >= 0.6 is 12.4 Å². The molecule has 1 aliphatic heterocycles. The Kier molecular flexibility index (Phi) is 7.33. The van der Waals surface area contributed by atoms with Gasteiger partial charge < -0.3 is 10.2 Å². The average Bonchev–Trinajstić information content (AvgIpc) is 3.07. The van der Waals surface area contributed by atoms with Gasteiger partial charge in [-0.05, 0) is 50.6 Å². The van der Waals surface area contributed by atoms with Crippen LogP contribution in [0.1, 0.15) is 49.1 Å². The Hall–Kier alpha value is -1.99. The molecule has 1 fully saturated rings. The van der Waals surface area contributed by atoms with Crippen molar-refractivity contribution in [3.05, 3.63) is 41.7 Å². The number of hydrogen-bond acceptors (Lipinski definition) is 4. The summed E-state index contributed by atoms with van der Waals surface area (Å²) in [4.78, 5) is 19.2. The molecule has 8 heteroatoms.